The van der Waals surface area contributed by atoms with Crippen LogP contribution in [0.1, 0.15) is 18.5 Å². The van der Waals surface area contributed by atoms with Crippen molar-refractivity contribution in [3.05, 3.63) is 39.5 Å². The molecule has 92 valence electrons. The Morgan fingerprint density at radius 3 is 3.06 bits per heavy atom. The van der Waals surface area contributed by atoms with Gasteiger partial charge < -0.3 is 0 Å². The number of rotatable bonds is 3. The number of thiophene rings is 1. The second-order valence-electron chi connectivity index (χ2n) is 3.99. The van der Waals surface area contributed by atoms with Crippen LogP contribution in [0.25, 0.3) is 0 Å². The van der Waals surface area contributed by atoms with Gasteiger partial charge in [-0.15, -0.1) is 0 Å². The van der Waals surface area contributed by atoms with E-state index >= 15 is 0 Å². The summed E-state index contributed by atoms with van der Waals surface area (Å²) in [7, 11) is 0. The molecule has 2 heterocycles. The predicted molar refractivity (Wildman–Crippen MR) is 77.7 cm³/mol. The van der Waals surface area contributed by atoms with E-state index in [1.54, 1.807) is 11.3 Å². The third-order valence-corrected chi connectivity index (χ3v) is 4.99. The topological polar surface area (TPSA) is 36.8 Å². The molecule has 0 saturated heterocycles. The second kappa shape index (κ2) is 5.02. The van der Waals surface area contributed by atoms with Crippen LogP contribution in [-0.4, -0.2) is 14.6 Å². The summed E-state index contributed by atoms with van der Waals surface area (Å²) in [6, 6.07) is 8.27. The molecule has 0 amide bonds. The average molecular weight is 343 g/mol. The van der Waals surface area contributed by atoms with Gasteiger partial charge in [-0.3, -0.25) is 0 Å². The number of fused-ring (bicyclic) bond motifs is 1. The van der Waals surface area contributed by atoms with E-state index in [0.717, 1.165) is 21.4 Å². The first kappa shape index (κ1) is 12.2. The number of hydrogen-bond donors (Lipinski definition) is 1. The van der Waals surface area contributed by atoms with Gasteiger partial charge in [0.25, 0.3) is 0 Å². The average Bonchev–Trinajstić information content (AvgIpc) is 2.97. The van der Waals surface area contributed by atoms with Crippen molar-refractivity contribution in [2.45, 2.75) is 13.0 Å². The van der Waals surface area contributed by atoms with Gasteiger partial charge in [0.1, 0.15) is 0 Å². The maximum absolute atomic E-state index is 5.96. The van der Waals surface area contributed by atoms with Gasteiger partial charge in [-0.25, -0.2) is 0 Å². The number of hydrogen-bond acceptors (Lipinski definition) is 4. The van der Waals surface area contributed by atoms with Crippen molar-refractivity contribution in [1.82, 2.24) is 0 Å². The summed E-state index contributed by atoms with van der Waals surface area (Å²) in [5.41, 5.74) is 4.23. The molecule has 3 rings (SSSR count). The van der Waals surface area contributed by atoms with Crippen LogP contribution in [0.5, 0.6) is 0 Å². The zero-order valence-corrected chi connectivity index (χ0v) is 12.8. The van der Waals surface area contributed by atoms with Gasteiger partial charge in [0.05, 0.1) is 0 Å². The van der Waals surface area contributed by atoms with Gasteiger partial charge in [0, 0.05) is 0 Å². The van der Waals surface area contributed by atoms with Gasteiger partial charge in [-0.1, -0.05) is 0 Å². The van der Waals surface area contributed by atoms with Gasteiger partial charge in [0.15, 0.2) is 0 Å². The molecule has 18 heavy (non-hydrogen) atoms. The Kier molecular flexibility index (Phi) is 3.39. The molecule has 6 heteroatoms. The Balaban J connectivity index is 1.86. The van der Waals surface area contributed by atoms with Crippen molar-refractivity contribution in [2.24, 2.45) is 7.92 Å². The summed E-state index contributed by atoms with van der Waals surface area (Å²) in [5.74, 6) is 0. The normalized spacial score (nSPS) is 14.1. The second-order valence-corrected chi connectivity index (χ2v) is 6.64. The zero-order chi connectivity index (χ0) is 12.5. The minimum atomic E-state index is 0.00897. The van der Waals surface area contributed by atoms with E-state index in [4.69, 9.17) is 11.6 Å². The summed E-state index contributed by atoms with van der Waals surface area (Å²) >= 11 is 7.53. The number of anilines is 1. The molecule has 0 radical (unpaired) electrons. The fraction of sp³-hybridized carbons (Fsp3) is 0.167. The summed E-state index contributed by atoms with van der Waals surface area (Å²) in [5, 5.41) is 5.55. The number of benzene rings is 1. The van der Waals surface area contributed by atoms with Gasteiger partial charge in [0.2, 0.25) is 0 Å². The molecule has 1 aromatic carbocycles. The fourth-order valence-electron chi connectivity index (χ4n) is 1.79. The molecular formula is C12H10ClN3SSe. The van der Waals surface area contributed by atoms with E-state index in [-0.39, 0.29) is 20.6 Å². The van der Waals surface area contributed by atoms with Gasteiger partial charge in [-0.05, 0) is 0 Å². The molecule has 0 saturated carbocycles. The number of nitrogens with zero attached hydrogens (tertiary/aromatic N) is 2. The summed E-state index contributed by atoms with van der Waals surface area (Å²) in [4.78, 5) is 0. The van der Waals surface area contributed by atoms with E-state index in [1.807, 2.05) is 24.3 Å². The summed E-state index contributed by atoms with van der Waals surface area (Å²) in [6.07, 6.45) is 0. The van der Waals surface area contributed by atoms with Crippen LogP contribution in [0, 0.1) is 0 Å². The molecule has 2 aromatic rings. The van der Waals surface area contributed by atoms with Crippen LogP contribution in [0.4, 0.5) is 17.1 Å². The van der Waals surface area contributed by atoms with E-state index in [0.29, 0.717) is 0 Å². The van der Waals surface area contributed by atoms with Gasteiger partial charge >= 0.3 is 120 Å². The molecule has 1 aliphatic rings. The first-order chi connectivity index (χ1) is 8.74. The molecule has 0 aliphatic carbocycles. The van der Waals surface area contributed by atoms with Crippen LogP contribution in [-0.2, 0) is 0 Å². The molecule has 1 unspecified atom stereocenters. The van der Waals surface area contributed by atoms with Crippen LogP contribution in [0.15, 0.2) is 37.6 Å². The van der Waals surface area contributed by atoms with Crippen molar-refractivity contribution in [3.8, 4) is 0 Å². The van der Waals surface area contributed by atoms with Gasteiger partial charge in [-0.2, -0.15) is 0 Å². The van der Waals surface area contributed by atoms with Crippen LogP contribution < -0.4 is 5.32 Å². The summed E-state index contributed by atoms with van der Waals surface area (Å²) < 4.78 is 9.66. The van der Waals surface area contributed by atoms with E-state index in [2.05, 4.69) is 25.5 Å². The zero-order valence-electron chi connectivity index (χ0n) is 9.55. The van der Waals surface area contributed by atoms with Crippen LogP contribution >= 0.6 is 22.9 Å². The molecular weight excluding hydrogens is 333 g/mol. The van der Waals surface area contributed by atoms with Crippen molar-refractivity contribution >= 4 is 54.6 Å². The Labute approximate surface area is 120 Å². The molecule has 0 spiro atoms. The van der Waals surface area contributed by atoms with Crippen molar-refractivity contribution in [2.75, 3.05) is 5.32 Å². The minimum absolute atomic E-state index is 0.00897. The van der Waals surface area contributed by atoms with Crippen molar-refractivity contribution in [1.29, 1.82) is 0 Å². The van der Waals surface area contributed by atoms with Crippen LogP contribution in [0.3, 0.4) is 0 Å². The standard InChI is InChI=1S/C12H10ClN3SSe/c1-7(8-5-11(13)17-6-8)14-9-3-2-4-10-12(9)16-18-15-10/h2-7,14H,1H3. The van der Waals surface area contributed by atoms with Crippen molar-refractivity contribution < 1.29 is 0 Å². The Morgan fingerprint density at radius 1 is 1.39 bits per heavy atom. The molecule has 1 aromatic heterocycles. The number of nitrogens with one attached hydrogen (secondary N) is 1. The predicted octanol–water partition coefficient (Wildman–Crippen LogP) is 4.92. The van der Waals surface area contributed by atoms with E-state index in [9.17, 15) is 0 Å². The SMILES string of the molecule is CC(Nc1cccc2c1N=[Se]=N2)c1csc(Cl)c1. The molecule has 1 N–H and O–H groups in total. The fourth-order valence-corrected chi connectivity index (χ4v) is 3.93. The van der Waals surface area contributed by atoms with Crippen LogP contribution in [0.2, 0.25) is 4.34 Å². The molecule has 0 fully saturated rings. The van der Waals surface area contributed by atoms with E-state index in [1.165, 1.54) is 5.56 Å². The Bertz CT molecular complexity index is 661. The third-order valence-electron chi connectivity index (χ3n) is 2.75. The first-order valence-electron chi connectivity index (χ1n) is 5.46. The molecule has 3 nitrogen and oxygen atoms in total. The van der Waals surface area contributed by atoms with E-state index < -0.39 is 0 Å². The summed E-state index contributed by atoms with van der Waals surface area (Å²) in [6.45, 7) is 2.12. The van der Waals surface area contributed by atoms with Crippen molar-refractivity contribution in [3.63, 3.8) is 0 Å². The number of halogens is 1. The quantitative estimate of drug-likeness (QED) is 0.674. The third kappa shape index (κ3) is 2.31. The molecule has 0 bridgehead atoms. The maximum atomic E-state index is 5.96. The Morgan fingerprint density at radius 2 is 2.28 bits per heavy atom. The Hall–Kier alpha value is -0.871. The monoisotopic (exact) mass is 343 g/mol. The molecule has 1 atom stereocenters. The molecule has 1 aliphatic heterocycles. The first-order valence-corrected chi connectivity index (χ1v) is 8.25.